The van der Waals surface area contributed by atoms with Gasteiger partial charge in [-0.25, -0.2) is 8.42 Å². The highest BCUT2D eigenvalue weighted by Crippen LogP contribution is 2.29. The fraction of sp³-hybridized carbons (Fsp3) is 0.471. The minimum atomic E-state index is -3.72. The molecule has 10 heteroatoms. The third kappa shape index (κ3) is 3.96. The number of hydrogen-bond donors (Lipinski definition) is 0. The fourth-order valence-corrected chi connectivity index (χ4v) is 4.62. The maximum absolute atomic E-state index is 13.0. The molecule has 0 saturated carbocycles. The highest BCUT2D eigenvalue weighted by molar-refractivity contribution is 7.89. The van der Waals surface area contributed by atoms with Gasteiger partial charge in [0.05, 0.1) is 12.0 Å². The SMILES string of the molecule is COc1cccc(S(=O)(=O)N2CCC(c3nc(C)no3)N(C(C)=O)CC2)c1. The summed E-state index contributed by atoms with van der Waals surface area (Å²) in [5.74, 6) is 1.09. The standard InChI is InChI=1S/C17H22N4O5S/c1-12-18-17(26-19-12)16-7-8-20(9-10-21(16)13(2)22)27(23,24)15-6-4-5-14(11-15)25-3/h4-6,11,16H,7-10H2,1-3H3. The molecule has 1 aromatic heterocycles. The molecule has 1 fully saturated rings. The van der Waals surface area contributed by atoms with Crippen LogP contribution in [0.15, 0.2) is 33.7 Å². The lowest BCUT2D eigenvalue weighted by Gasteiger charge is -2.25. The topological polar surface area (TPSA) is 106 Å². The average Bonchev–Trinajstić information content (AvgIpc) is 2.94. The number of carbonyl (C=O) groups is 1. The van der Waals surface area contributed by atoms with Crippen molar-refractivity contribution in [2.24, 2.45) is 0 Å². The second kappa shape index (κ2) is 7.65. The molecule has 2 heterocycles. The molecule has 0 N–H and O–H groups in total. The van der Waals surface area contributed by atoms with E-state index in [1.165, 1.54) is 30.5 Å². The Labute approximate surface area is 158 Å². The van der Waals surface area contributed by atoms with Crippen LogP contribution < -0.4 is 4.74 Å². The Balaban J connectivity index is 1.88. The van der Waals surface area contributed by atoms with Crippen molar-refractivity contribution in [2.75, 3.05) is 26.7 Å². The number of sulfonamides is 1. The summed E-state index contributed by atoms with van der Waals surface area (Å²) >= 11 is 0. The number of ether oxygens (including phenoxy) is 1. The van der Waals surface area contributed by atoms with E-state index in [-0.39, 0.29) is 30.4 Å². The molecule has 1 atom stereocenters. The minimum Gasteiger partial charge on any atom is -0.497 e. The summed E-state index contributed by atoms with van der Waals surface area (Å²) in [6.45, 7) is 3.80. The molecule has 1 saturated heterocycles. The van der Waals surface area contributed by atoms with Crippen molar-refractivity contribution in [2.45, 2.75) is 31.2 Å². The summed E-state index contributed by atoms with van der Waals surface area (Å²) in [4.78, 5) is 18.1. The molecule has 1 unspecified atom stereocenters. The molecule has 0 aliphatic carbocycles. The average molecular weight is 394 g/mol. The summed E-state index contributed by atoms with van der Waals surface area (Å²) in [6, 6.07) is 5.89. The number of hydrogen-bond acceptors (Lipinski definition) is 7. The zero-order valence-electron chi connectivity index (χ0n) is 15.5. The summed E-state index contributed by atoms with van der Waals surface area (Å²) < 4.78 is 37.8. The molecule has 27 heavy (non-hydrogen) atoms. The van der Waals surface area contributed by atoms with Crippen LogP contribution in [-0.2, 0) is 14.8 Å². The lowest BCUT2D eigenvalue weighted by molar-refractivity contribution is -0.131. The van der Waals surface area contributed by atoms with E-state index in [2.05, 4.69) is 10.1 Å². The van der Waals surface area contributed by atoms with Crippen molar-refractivity contribution in [3.05, 3.63) is 36.0 Å². The first-order chi connectivity index (χ1) is 12.8. The number of rotatable bonds is 4. The van der Waals surface area contributed by atoms with Gasteiger partial charge in [0.15, 0.2) is 5.82 Å². The van der Waals surface area contributed by atoms with E-state index in [4.69, 9.17) is 9.26 Å². The summed E-state index contributed by atoms with van der Waals surface area (Å²) in [6.07, 6.45) is 0.365. The van der Waals surface area contributed by atoms with Crippen LogP contribution in [0.5, 0.6) is 5.75 Å². The van der Waals surface area contributed by atoms with Gasteiger partial charge < -0.3 is 14.2 Å². The van der Waals surface area contributed by atoms with Crippen LogP contribution in [-0.4, -0.2) is 60.4 Å². The smallest absolute Gasteiger partial charge is 0.249 e. The minimum absolute atomic E-state index is 0.156. The van der Waals surface area contributed by atoms with Crippen LogP contribution in [0.3, 0.4) is 0 Å². The van der Waals surface area contributed by atoms with Gasteiger partial charge in [-0.1, -0.05) is 11.2 Å². The van der Waals surface area contributed by atoms with Crippen molar-refractivity contribution in [1.29, 1.82) is 0 Å². The number of methoxy groups -OCH3 is 1. The van der Waals surface area contributed by atoms with Crippen LogP contribution in [0, 0.1) is 6.92 Å². The van der Waals surface area contributed by atoms with Crippen LogP contribution in [0.2, 0.25) is 0 Å². The second-order valence-corrected chi connectivity index (χ2v) is 8.22. The van der Waals surface area contributed by atoms with Crippen LogP contribution in [0.4, 0.5) is 0 Å². The van der Waals surface area contributed by atoms with Gasteiger partial charge in [-0.2, -0.15) is 9.29 Å². The highest BCUT2D eigenvalue weighted by atomic mass is 32.2. The number of amides is 1. The first-order valence-corrected chi connectivity index (χ1v) is 9.98. The number of carbonyl (C=O) groups excluding carboxylic acids is 1. The van der Waals surface area contributed by atoms with E-state index >= 15 is 0 Å². The van der Waals surface area contributed by atoms with E-state index in [0.29, 0.717) is 23.9 Å². The predicted octanol–water partition coefficient (Wildman–Crippen LogP) is 1.37. The van der Waals surface area contributed by atoms with E-state index in [1.807, 2.05) is 0 Å². The molecule has 1 aliphatic heterocycles. The van der Waals surface area contributed by atoms with E-state index in [9.17, 15) is 13.2 Å². The van der Waals surface area contributed by atoms with Crippen molar-refractivity contribution < 1.29 is 22.5 Å². The maximum Gasteiger partial charge on any atom is 0.249 e. The van der Waals surface area contributed by atoms with Gasteiger partial charge in [0.25, 0.3) is 0 Å². The van der Waals surface area contributed by atoms with Crippen molar-refractivity contribution in [3.8, 4) is 5.75 Å². The Morgan fingerprint density at radius 3 is 2.70 bits per heavy atom. The second-order valence-electron chi connectivity index (χ2n) is 6.28. The zero-order chi connectivity index (χ0) is 19.6. The zero-order valence-corrected chi connectivity index (χ0v) is 16.3. The van der Waals surface area contributed by atoms with Crippen molar-refractivity contribution in [3.63, 3.8) is 0 Å². The highest BCUT2D eigenvalue weighted by Gasteiger charge is 2.35. The number of aromatic nitrogens is 2. The quantitative estimate of drug-likeness (QED) is 0.771. The predicted molar refractivity (Wildman–Crippen MR) is 95.5 cm³/mol. The van der Waals surface area contributed by atoms with E-state index in [1.54, 1.807) is 24.0 Å². The molecular weight excluding hydrogens is 372 g/mol. The number of aryl methyl sites for hydroxylation is 1. The molecule has 0 bridgehead atoms. The molecule has 146 valence electrons. The molecule has 0 spiro atoms. The van der Waals surface area contributed by atoms with Crippen LogP contribution >= 0.6 is 0 Å². The third-order valence-electron chi connectivity index (χ3n) is 4.53. The molecular formula is C17H22N4O5S. The fourth-order valence-electron chi connectivity index (χ4n) is 3.14. The molecule has 1 aliphatic rings. The Hall–Kier alpha value is -2.46. The van der Waals surface area contributed by atoms with Crippen LogP contribution in [0.1, 0.15) is 31.1 Å². The van der Waals surface area contributed by atoms with Crippen molar-refractivity contribution in [1.82, 2.24) is 19.3 Å². The number of nitrogens with zero attached hydrogens (tertiary/aromatic N) is 4. The van der Waals surface area contributed by atoms with Gasteiger partial charge >= 0.3 is 0 Å². The maximum atomic E-state index is 13.0. The van der Waals surface area contributed by atoms with Gasteiger partial charge in [-0.3, -0.25) is 4.79 Å². The Morgan fingerprint density at radius 2 is 2.07 bits per heavy atom. The van der Waals surface area contributed by atoms with Gasteiger partial charge in [0.1, 0.15) is 11.8 Å². The Morgan fingerprint density at radius 1 is 1.30 bits per heavy atom. The van der Waals surface area contributed by atoms with Gasteiger partial charge in [0.2, 0.25) is 21.8 Å². The molecule has 1 amide bonds. The molecule has 2 aromatic rings. The first kappa shape index (κ1) is 19.3. The van der Waals surface area contributed by atoms with Gasteiger partial charge in [-0.05, 0) is 25.5 Å². The summed E-state index contributed by atoms with van der Waals surface area (Å²) in [7, 11) is -2.23. The van der Waals surface area contributed by atoms with Crippen LogP contribution in [0.25, 0.3) is 0 Å². The van der Waals surface area contributed by atoms with E-state index in [0.717, 1.165) is 0 Å². The first-order valence-electron chi connectivity index (χ1n) is 8.54. The molecule has 9 nitrogen and oxygen atoms in total. The lowest BCUT2D eigenvalue weighted by atomic mass is 10.2. The molecule has 0 radical (unpaired) electrons. The van der Waals surface area contributed by atoms with Gasteiger partial charge in [0, 0.05) is 32.6 Å². The summed E-state index contributed by atoms with van der Waals surface area (Å²) in [5.41, 5.74) is 0. The monoisotopic (exact) mass is 394 g/mol. The van der Waals surface area contributed by atoms with E-state index < -0.39 is 16.1 Å². The Bertz CT molecular complexity index is 927. The Kier molecular flexibility index (Phi) is 5.47. The third-order valence-corrected chi connectivity index (χ3v) is 6.42. The number of benzene rings is 1. The summed E-state index contributed by atoms with van der Waals surface area (Å²) in [5, 5.41) is 3.78. The molecule has 1 aromatic carbocycles. The van der Waals surface area contributed by atoms with Crippen molar-refractivity contribution >= 4 is 15.9 Å². The lowest BCUT2D eigenvalue weighted by Crippen LogP contribution is -2.37. The molecule has 3 rings (SSSR count). The largest absolute Gasteiger partial charge is 0.497 e. The van der Waals surface area contributed by atoms with Gasteiger partial charge in [-0.15, -0.1) is 0 Å². The normalized spacial score (nSPS) is 18.9.